The number of anilines is 1. The lowest BCUT2D eigenvalue weighted by atomic mass is 9.70. The van der Waals surface area contributed by atoms with Gasteiger partial charge >= 0.3 is 0 Å². The minimum absolute atomic E-state index is 0.0723. The summed E-state index contributed by atoms with van der Waals surface area (Å²) >= 11 is 3.78. The summed E-state index contributed by atoms with van der Waals surface area (Å²) in [5, 5.41) is 9.70. The van der Waals surface area contributed by atoms with Gasteiger partial charge in [-0.15, -0.1) is 13.2 Å². The first-order valence-electron chi connectivity index (χ1n) is 15.6. The Morgan fingerprint density at radius 2 is 1.84 bits per heavy atom. The number of benzene rings is 1. The average molecular weight is 659 g/mol. The molecule has 3 aliphatic heterocycles. The highest BCUT2D eigenvalue weighted by molar-refractivity contribution is 9.09. The van der Waals surface area contributed by atoms with E-state index in [1.54, 1.807) is 22.0 Å². The van der Waals surface area contributed by atoms with E-state index in [2.05, 4.69) is 29.1 Å². The Morgan fingerprint density at radius 3 is 2.47 bits per heavy atom. The fourth-order valence-corrected chi connectivity index (χ4v) is 8.74. The van der Waals surface area contributed by atoms with Crippen molar-refractivity contribution in [2.75, 3.05) is 37.7 Å². The van der Waals surface area contributed by atoms with Gasteiger partial charge in [-0.25, -0.2) is 0 Å². The Morgan fingerprint density at radius 1 is 1.14 bits per heavy atom. The average Bonchev–Trinajstić information content (AvgIpc) is 3.61. The van der Waals surface area contributed by atoms with Crippen molar-refractivity contribution in [3.63, 3.8) is 0 Å². The summed E-state index contributed by atoms with van der Waals surface area (Å²) in [6.07, 6.45) is 8.71. The first-order chi connectivity index (χ1) is 20.8. The summed E-state index contributed by atoms with van der Waals surface area (Å²) in [7, 11) is 0. The molecule has 1 spiro atoms. The van der Waals surface area contributed by atoms with Crippen molar-refractivity contribution in [1.29, 1.82) is 0 Å². The molecule has 1 aromatic carbocycles. The predicted molar refractivity (Wildman–Crippen MR) is 168 cm³/mol. The molecule has 0 radical (unpaired) electrons. The number of rotatable bonds is 13. The number of carbonyl (C=O) groups excluding carboxylic acids is 3. The number of amides is 3. The molecule has 6 atom stereocenters. The molecule has 3 saturated heterocycles. The smallest absolute Gasteiger partial charge is 0.248 e. The van der Waals surface area contributed by atoms with Crippen LogP contribution in [0.1, 0.15) is 51.9 Å². The van der Waals surface area contributed by atoms with Crippen LogP contribution in [0, 0.1) is 11.8 Å². The van der Waals surface area contributed by atoms with Crippen molar-refractivity contribution in [3.05, 3.63) is 49.6 Å². The van der Waals surface area contributed by atoms with Crippen LogP contribution in [0.25, 0.3) is 0 Å². The first kappa shape index (κ1) is 31.7. The fourth-order valence-electron chi connectivity index (χ4n) is 7.80. The predicted octanol–water partition coefficient (Wildman–Crippen LogP) is 4.08. The molecule has 4 fully saturated rings. The quantitative estimate of drug-likeness (QED) is 0.254. The summed E-state index contributed by atoms with van der Waals surface area (Å²) in [5.74, 6) is -1.52. The Bertz CT molecular complexity index is 1200. The third-order valence-corrected chi connectivity index (χ3v) is 10.4. The Hall–Kier alpha value is -2.69. The van der Waals surface area contributed by atoms with Gasteiger partial charge in [-0.2, -0.15) is 0 Å². The second kappa shape index (κ2) is 13.5. The Kier molecular flexibility index (Phi) is 9.98. The maximum atomic E-state index is 14.6. The summed E-state index contributed by atoms with van der Waals surface area (Å²) in [4.78, 5) is 48.4. The molecule has 5 rings (SSSR count). The number of aliphatic hydroxyl groups is 1. The van der Waals surface area contributed by atoms with Gasteiger partial charge in [0.15, 0.2) is 0 Å². The lowest BCUT2D eigenvalue weighted by Gasteiger charge is -2.41. The van der Waals surface area contributed by atoms with Crippen LogP contribution in [0.2, 0.25) is 0 Å². The zero-order chi connectivity index (χ0) is 30.7. The number of hydrogen-bond donors (Lipinski definition) is 1. The van der Waals surface area contributed by atoms with E-state index in [9.17, 15) is 19.5 Å². The third-order valence-electron chi connectivity index (χ3n) is 9.53. The number of alkyl halides is 1. The van der Waals surface area contributed by atoms with E-state index in [4.69, 9.17) is 9.47 Å². The van der Waals surface area contributed by atoms with E-state index >= 15 is 0 Å². The highest BCUT2D eigenvalue weighted by Gasteiger charge is 2.77. The molecular formula is C33H44BrN3O6. The molecule has 9 nitrogen and oxygen atoms in total. The van der Waals surface area contributed by atoms with Crippen LogP contribution in [-0.4, -0.2) is 94.1 Å². The van der Waals surface area contributed by atoms with Crippen LogP contribution < -0.4 is 9.64 Å². The van der Waals surface area contributed by atoms with Crippen LogP contribution in [0.3, 0.4) is 0 Å². The Labute approximate surface area is 263 Å². The second-order valence-electron chi connectivity index (χ2n) is 12.0. The van der Waals surface area contributed by atoms with Crippen molar-refractivity contribution in [2.45, 2.75) is 80.5 Å². The number of aliphatic hydroxyl groups excluding tert-OH is 1. The summed E-state index contributed by atoms with van der Waals surface area (Å²) in [6, 6.07) is 6.49. The summed E-state index contributed by atoms with van der Waals surface area (Å²) < 4.78 is 12.3. The fraction of sp³-hybridized carbons (Fsp3) is 0.606. The minimum atomic E-state index is -1.14. The van der Waals surface area contributed by atoms with E-state index in [1.165, 1.54) is 0 Å². The number of ether oxygens (including phenoxy) is 2. The maximum Gasteiger partial charge on any atom is 0.248 e. The number of fused-ring (bicyclic) bond motifs is 1. The monoisotopic (exact) mass is 657 g/mol. The molecule has 0 aromatic heterocycles. The van der Waals surface area contributed by atoms with E-state index in [1.807, 2.05) is 36.1 Å². The van der Waals surface area contributed by atoms with Gasteiger partial charge in [0.25, 0.3) is 0 Å². The van der Waals surface area contributed by atoms with Gasteiger partial charge in [-0.1, -0.05) is 47.3 Å². The standard InChI is InChI=1S/C33H44BrN3O6/c1-4-17-35(23-13-15-24(16-14-23)42-6-3)30(39)26-27-31(40)37(19-10-20-38)29(33(27)21-25(34)28(26)43-33)32(41)36(18-5-2)22-11-8-7-9-12-22/h4-5,13-16,22,25-29,38H,1-2,6-12,17-21H2,3H3/t25?,26-,27+,28-,29?,33?/m1/s1. The molecule has 3 amide bonds. The van der Waals surface area contributed by atoms with Crippen molar-refractivity contribution in [1.82, 2.24) is 9.80 Å². The van der Waals surface area contributed by atoms with Crippen molar-refractivity contribution in [2.24, 2.45) is 11.8 Å². The molecule has 43 heavy (non-hydrogen) atoms. The number of carbonyl (C=O) groups is 3. The van der Waals surface area contributed by atoms with Crippen molar-refractivity contribution < 1.29 is 29.0 Å². The van der Waals surface area contributed by atoms with Gasteiger partial charge in [0.05, 0.1) is 24.5 Å². The summed E-state index contributed by atoms with van der Waals surface area (Å²) in [5.41, 5.74) is -0.476. The third kappa shape index (κ3) is 5.66. The molecule has 4 aliphatic rings. The highest BCUT2D eigenvalue weighted by Crippen LogP contribution is 2.60. The molecule has 1 aromatic rings. The van der Waals surface area contributed by atoms with Crippen LogP contribution in [0.4, 0.5) is 5.69 Å². The highest BCUT2D eigenvalue weighted by atomic mass is 79.9. The van der Waals surface area contributed by atoms with Crippen LogP contribution >= 0.6 is 15.9 Å². The van der Waals surface area contributed by atoms with E-state index in [-0.39, 0.29) is 48.3 Å². The molecule has 3 heterocycles. The van der Waals surface area contributed by atoms with Gasteiger partial charge in [0, 0.05) is 42.8 Å². The van der Waals surface area contributed by atoms with Gasteiger partial charge in [0.2, 0.25) is 17.7 Å². The lowest BCUT2D eigenvalue weighted by molar-refractivity contribution is -0.150. The van der Waals surface area contributed by atoms with Gasteiger partial charge in [-0.05, 0) is 56.9 Å². The number of nitrogens with zero attached hydrogens (tertiary/aromatic N) is 3. The van der Waals surface area contributed by atoms with Gasteiger partial charge in [-0.3, -0.25) is 14.4 Å². The number of likely N-dealkylation sites (tertiary alicyclic amines) is 1. The molecule has 234 valence electrons. The maximum absolute atomic E-state index is 14.6. The van der Waals surface area contributed by atoms with Crippen molar-refractivity contribution in [3.8, 4) is 5.75 Å². The van der Waals surface area contributed by atoms with E-state index in [0.29, 0.717) is 37.4 Å². The van der Waals surface area contributed by atoms with Gasteiger partial charge in [0.1, 0.15) is 17.4 Å². The molecule has 3 unspecified atom stereocenters. The number of hydrogen-bond acceptors (Lipinski definition) is 6. The lowest BCUT2D eigenvalue weighted by Crippen LogP contribution is -2.59. The molecule has 10 heteroatoms. The normalized spacial score (nSPS) is 29.8. The molecule has 1 saturated carbocycles. The van der Waals surface area contributed by atoms with Crippen molar-refractivity contribution >= 4 is 39.3 Å². The second-order valence-corrected chi connectivity index (χ2v) is 13.2. The first-order valence-corrected chi connectivity index (χ1v) is 16.5. The minimum Gasteiger partial charge on any atom is -0.494 e. The van der Waals surface area contributed by atoms with Crippen LogP contribution in [0.15, 0.2) is 49.6 Å². The Balaban J connectivity index is 1.52. The van der Waals surface area contributed by atoms with Crippen LogP contribution in [-0.2, 0) is 19.1 Å². The molecule has 2 bridgehead atoms. The van der Waals surface area contributed by atoms with Crippen LogP contribution in [0.5, 0.6) is 5.75 Å². The SMILES string of the molecule is C=CCN(C(=O)[C@H]1[C@@H]2OC3(CC2Br)C(C(=O)N(CC=C)C2CCCCC2)N(CCCO)C(=O)[C@H]13)c1ccc(OCC)cc1. The van der Waals surface area contributed by atoms with E-state index < -0.39 is 29.6 Å². The topological polar surface area (TPSA) is 99.6 Å². The van der Waals surface area contributed by atoms with Gasteiger partial charge < -0.3 is 29.3 Å². The molecule has 1 aliphatic carbocycles. The summed E-state index contributed by atoms with van der Waals surface area (Å²) in [6.45, 7) is 11.0. The zero-order valence-electron chi connectivity index (χ0n) is 25.0. The molecule has 1 N–H and O–H groups in total. The molecular weight excluding hydrogens is 614 g/mol. The zero-order valence-corrected chi connectivity index (χ0v) is 26.6. The largest absolute Gasteiger partial charge is 0.494 e. The van der Waals surface area contributed by atoms with E-state index in [0.717, 1.165) is 32.1 Å². The number of halogens is 1.